The molecule has 2 heterocycles. The minimum absolute atomic E-state index is 0.380. The van der Waals surface area contributed by atoms with Gasteiger partial charge in [-0.2, -0.15) is 11.8 Å². The predicted molar refractivity (Wildman–Crippen MR) is 53.6 cm³/mol. The molecule has 2 unspecified atom stereocenters. The maximum Gasteiger partial charge on any atom is 0.137 e. The summed E-state index contributed by atoms with van der Waals surface area (Å²) in [6.45, 7) is 0. The van der Waals surface area contributed by atoms with E-state index in [0.29, 0.717) is 5.92 Å². The van der Waals surface area contributed by atoms with Crippen LogP contribution in [0.1, 0.15) is 18.3 Å². The lowest BCUT2D eigenvalue weighted by molar-refractivity contribution is 0.109. The average Bonchev–Trinajstić information content (AvgIpc) is 2.72. The monoisotopic (exact) mass is 198 g/mol. The van der Waals surface area contributed by atoms with Crippen molar-refractivity contribution in [3.63, 3.8) is 0 Å². The SMILES string of the molecule is Cn1ccnc1C(O)C1CCSC1. The Morgan fingerprint density at radius 3 is 3.15 bits per heavy atom. The van der Waals surface area contributed by atoms with Crippen LogP contribution in [0.25, 0.3) is 0 Å². The van der Waals surface area contributed by atoms with Crippen molar-refractivity contribution in [2.24, 2.45) is 13.0 Å². The molecule has 2 rings (SSSR count). The van der Waals surface area contributed by atoms with E-state index in [-0.39, 0.29) is 6.10 Å². The molecule has 1 aliphatic heterocycles. The molecule has 0 saturated carbocycles. The van der Waals surface area contributed by atoms with E-state index in [1.165, 1.54) is 5.75 Å². The second-order valence-electron chi connectivity index (χ2n) is 3.46. The third-order valence-electron chi connectivity index (χ3n) is 2.53. The summed E-state index contributed by atoms with van der Waals surface area (Å²) in [5, 5.41) is 9.99. The van der Waals surface area contributed by atoms with Crippen molar-refractivity contribution in [2.75, 3.05) is 11.5 Å². The number of imidazole rings is 1. The quantitative estimate of drug-likeness (QED) is 0.776. The number of aliphatic hydroxyl groups excluding tert-OH is 1. The summed E-state index contributed by atoms with van der Waals surface area (Å²) in [4.78, 5) is 4.16. The molecule has 13 heavy (non-hydrogen) atoms. The van der Waals surface area contributed by atoms with E-state index in [1.807, 2.05) is 29.6 Å². The van der Waals surface area contributed by atoms with E-state index < -0.39 is 0 Å². The van der Waals surface area contributed by atoms with Crippen molar-refractivity contribution < 1.29 is 5.11 Å². The van der Waals surface area contributed by atoms with Crippen molar-refractivity contribution in [3.05, 3.63) is 18.2 Å². The van der Waals surface area contributed by atoms with Gasteiger partial charge < -0.3 is 9.67 Å². The van der Waals surface area contributed by atoms with E-state index in [1.54, 1.807) is 6.20 Å². The normalized spacial score (nSPS) is 24.9. The number of aromatic nitrogens is 2. The first-order chi connectivity index (χ1) is 6.29. The Balaban J connectivity index is 2.12. The third-order valence-corrected chi connectivity index (χ3v) is 3.72. The summed E-state index contributed by atoms with van der Waals surface area (Å²) < 4.78 is 1.90. The lowest BCUT2D eigenvalue weighted by atomic mass is 10.0. The van der Waals surface area contributed by atoms with Gasteiger partial charge in [0.1, 0.15) is 11.9 Å². The van der Waals surface area contributed by atoms with Crippen molar-refractivity contribution in [1.29, 1.82) is 0 Å². The van der Waals surface area contributed by atoms with Crippen LogP contribution in [0, 0.1) is 5.92 Å². The first kappa shape index (κ1) is 9.09. The Bertz CT molecular complexity index is 281. The van der Waals surface area contributed by atoms with Crippen LogP contribution in [0.5, 0.6) is 0 Å². The molecule has 1 fully saturated rings. The Morgan fingerprint density at radius 2 is 2.62 bits per heavy atom. The van der Waals surface area contributed by atoms with Gasteiger partial charge in [0.05, 0.1) is 0 Å². The number of thioether (sulfide) groups is 1. The molecule has 0 bridgehead atoms. The molecule has 4 heteroatoms. The molecule has 1 aliphatic rings. The van der Waals surface area contributed by atoms with Gasteiger partial charge in [0.2, 0.25) is 0 Å². The molecule has 0 aromatic carbocycles. The molecule has 1 N–H and O–H groups in total. The highest BCUT2D eigenvalue weighted by Crippen LogP contribution is 2.33. The average molecular weight is 198 g/mol. The fourth-order valence-electron chi connectivity index (χ4n) is 1.67. The summed E-state index contributed by atoms with van der Waals surface area (Å²) in [6.07, 6.45) is 4.34. The molecule has 3 nitrogen and oxygen atoms in total. The van der Waals surface area contributed by atoms with Crippen LogP contribution in [-0.2, 0) is 7.05 Å². The molecule has 1 saturated heterocycles. The zero-order valence-electron chi connectivity index (χ0n) is 7.68. The predicted octanol–water partition coefficient (Wildman–Crippen LogP) is 1.21. The first-order valence-corrected chi connectivity index (χ1v) is 5.67. The Morgan fingerprint density at radius 1 is 1.77 bits per heavy atom. The van der Waals surface area contributed by atoms with Gasteiger partial charge in [-0.1, -0.05) is 0 Å². The van der Waals surface area contributed by atoms with Crippen LogP contribution in [0.3, 0.4) is 0 Å². The van der Waals surface area contributed by atoms with Gasteiger partial charge in [0, 0.05) is 25.4 Å². The summed E-state index contributed by atoms with van der Waals surface area (Å²) in [6, 6.07) is 0. The molecular formula is C9H14N2OS. The second kappa shape index (κ2) is 3.72. The Labute approximate surface area is 82.2 Å². The van der Waals surface area contributed by atoms with E-state index in [2.05, 4.69) is 4.98 Å². The van der Waals surface area contributed by atoms with Crippen LogP contribution >= 0.6 is 11.8 Å². The fourth-order valence-corrected chi connectivity index (χ4v) is 2.96. The van der Waals surface area contributed by atoms with Gasteiger partial charge in [-0.3, -0.25) is 0 Å². The molecule has 0 amide bonds. The number of aryl methyl sites for hydroxylation is 1. The number of aliphatic hydroxyl groups is 1. The van der Waals surface area contributed by atoms with Crippen LogP contribution in [-0.4, -0.2) is 26.2 Å². The van der Waals surface area contributed by atoms with Gasteiger partial charge in [-0.25, -0.2) is 4.98 Å². The third kappa shape index (κ3) is 1.74. The maximum atomic E-state index is 9.99. The zero-order chi connectivity index (χ0) is 9.26. The smallest absolute Gasteiger partial charge is 0.137 e. The Kier molecular flexibility index (Phi) is 2.60. The summed E-state index contributed by atoms with van der Waals surface area (Å²) in [7, 11) is 1.92. The van der Waals surface area contributed by atoms with Gasteiger partial charge in [-0.15, -0.1) is 0 Å². The first-order valence-electron chi connectivity index (χ1n) is 4.52. The highest BCUT2D eigenvalue weighted by molar-refractivity contribution is 7.99. The Hall–Kier alpha value is -0.480. The van der Waals surface area contributed by atoms with Crippen LogP contribution in [0.2, 0.25) is 0 Å². The minimum atomic E-state index is -0.380. The van der Waals surface area contributed by atoms with Gasteiger partial charge in [0.15, 0.2) is 0 Å². The van der Waals surface area contributed by atoms with Crippen LogP contribution in [0.4, 0.5) is 0 Å². The molecule has 2 atom stereocenters. The second-order valence-corrected chi connectivity index (χ2v) is 4.61. The highest BCUT2D eigenvalue weighted by atomic mass is 32.2. The number of rotatable bonds is 2. The lowest BCUT2D eigenvalue weighted by Gasteiger charge is -2.16. The molecule has 0 spiro atoms. The lowest BCUT2D eigenvalue weighted by Crippen LogP contribution is -2.15. The number of hydrogen-bond donors (Lipinski definition) is 1. The number of nitrogens with zero attached hydrogens (tertiary/aromatic N) is 2. The minimum Gasteiger partial charge on any atom is -0.385 e. The van der Waals surface area contributed by atoms with E-state index in [4.69, 9.17) is 0 Å². The van der Waals surface area contributed by atoms with Crippen molar-refractivity contribution in [3.8, 4) is 0 Å². The molecule has 72 valence electrons. The van der Waals surface area contributed by atoms with Crippen molar-refractivity contribution >= 4 is 11.8 Å². The fraction of sp³-hybridized carbons (Fsp3) is 0.667. The van der Waals surface area contributed by atoms with E-state index >= 15 is 0 Å². The zero-order valence-corrected chi connectivity index (χ0v) is 8.50. The van der Waals surface area contributed by atoms with Crippen molar-refractivity contribution in [1.82, 2.24) is 9.55 Å². The molecule has 1 aromatic heterocycles. The summed E-state index contributed by atoms with van der Waals surface area (Å²) >= 11 is 1.92. The maximum absolute atomic E-state index is 9.99. The van der Waals surface area contributed by atoms with Gasteiger partial charge in [0.25, 0.3) is 0 Å². The van der Waals surface area contributed by atoms with Crippen LogP contribution in [0.15, 0.2) is 12.4 Å². The van der Waals surface area contributed by atoms with Crippen molar-refractivity contribution in [2.45, 2.75) is 12.5 Å². The molecule has 1 aromatic rings. The molecule has 0 radical (unpaired) electrons. The molecule has 0 aliphatic carbocycles. The summed E-state index contributed by atoms with van der Waals surface area (Å²) in [5.41, 5.74) is 0. The standard InChI is InChI=1S/C9H14N2OS/c1-11-4-3-10-9(11)8(12)7-2-5-13-6-7/h3-4,7-8,12H,2,5-6H2,1H3. The molecular weight excluding hydrogens is 184 g/mol. The highest BCUT2D eigenvalue weighted by Gasteiger charge is 2.27. The van der Waals surface area contributed by atoms with Gasteiger partial charge in [-0.05, 0) is 17.9 Å². The van der Waals surface area contributed by atoms with E-state index in [0.717, 1.165) is 18.0 Å². The topological polar surface area (TPSA) is 38.0 Å². The summed E-state index contributed by atoms with van der Waals surface area (Å²) in [5.74, 6) is 3.43. The van der Waals surface area contributed by atoms with Gasteiger partial charge >= 0.3 is 0 Å². The largest absolute Gasteiger partial charge is 0.385 e. The van der Waals surface area contributed by atoms with E-state index in [9.17, 15) is 5.11 Å². The number of hydrogen-bond acceptors (Lipinski definition) is 3. The van der Waals surface area contributed by atoms with Crippen LogP contribution < -0.4 is 0 Å².